The lowest BCUT2D eigenvalue weighted by atomic mass is 10.1. The van der Waals surface area contributed by atoms with Crippen LogP contribution < -0.4 is 5.32 Å². The molecule has 0 unspecified atom stereocenters. The fourth-order valence-electron chi connectivity index (χ4n) is 3.72. The number of nitrogens with one attached hydrogen (secondary N) is 2. The largest absolute Gasteiger partial charge is 0.477 e. The van der Waals surface area contributed by atoms with Gasteiger partial charge in [0.15, 0.2) is 0 Å². The summed E-state index contributed by atoms with van der Waals surface area (Å²) in [7, 11) is 0. The first-order valence-electron chi connectivity index (χ1n) is 9.82. The molecule has 5 nitrogen and oxygen atoms in total. The molecular formula is C25H18FN3O2. The van der Waals surface area contributed by atoms with E-state index < -0.39 is 5.97 Å². The second kappa shape index (κ2) is 7.57. The van der Waals surface area contributed by atoms with Gasteiger partial charge in [0.25, 0.3) is 0 Å². The second-order valence-corrected chi connectivity index (χ2v) is 7.31. The number of carboxylic acids is 1. The number of pyridine rings is 1. The van der Waals surface area contributed by atoms with E-state index in [1.807, 2.05) is 48.5 Å². The number of aromatic amines is 1. The topological polar surface area (TPSA) is 78.0 Å². The number of anilines is 1. The zero-order chi connectivity index (χ0) is 21.4. The zero-order valence-corrected chi connectivity index (χ0v) is 16.4. The van der Waals surface area contributed by atoms with Gasteiger partial charge >= 0.3 is 5.97 Å². The molecule has 0 saturated carbocycles. The first kappa shape index (κ1) is 18.8. The molecule has 3 N–H and O–H groups in total. The summed E-state index contributed by atoms with van der Waals surface area (Å²) < 4.78 is 13.0. The SMILES string of the molecule is O=C(O)c1cc2c([nH]c3ccccc32)c(-c2ccc(NCc3ccc(F)cc3)cc2)n1. The molecule has 0 saturated heterocycles. The Balaban J connectivity index is 1.51. The lowest BCUT2D eigenvalue weighted by Crippen LogP contribution is -2.02. The molecule has 0 aliphatic rings. The highest BCUT2D eigenvalue weighted by molar-refractivity contribution is 6.12. The van der Waals surface area contributed by atoms with Crippen LogP contribution in [0.2, 0.25) is 0 Å². The van der Waals surface area contributed by atoms with Crippen LogP contribution in [0.1, 0.15) is 16.1 Å². The molecule has 0 atom stereocenters. The number of benzene rings is 3. The van der Waals surface area contributed by atoms with Crippen LogP contribution in [0.4, 0.5) is 10.1 Å². The number of fused-ring (bicyclic) bond motifs is 3. The number of aromatic nitrogens is 2. The van der Waals surface area contributed by atoms with Gasteiger partial charge < -0.3 is 15.4 Å². The predicted molar refractivity (Wildman–Crippen MR) is 120 cm³/mol. The van der Waals surface area contributed by atoms with Crippen molar-refractivity contribution in [3.8, 4) is 11.3 Å². The first-order valence-corrected chi connectivity index (χ1v) is 9.82. The van der Waals surface area contributed by atoms with Crippen LogP contribution in [0.15, 0.2) is 78.9 Å². The van der Waals surface area contributed by atoms with Gasteiger partial charge in [0.05, 0.1) is 11.2 Å². The van der Waals surface area contributed by atoms with Gasteiger partial charge in [0.1, 0.15) is 11.5 Å². The van der Waals surface area contributed by atoms with Gasteiger partial charge in [-0.25, -0.2) is 14.2 Å². The smallest absolute Gasteiger partial charge is 0.354 e. The first-order chi connectivity index (χ1) is 15.1. The number of para-hydroxylation sites is 1. The minimum atomic E-state index is -1.06. The number of carbonyl (C=O) groups is 1. The highest BCUT2D eigenvalue weighted by Crippen LogP contribution is 2.33. The van der Waals surface area contributed by atoms with Crippen LogP contribution in [0, 0.1) is 5.82 Å². The van der Waals surface area contributed by atoms with Crippen LogP contribution in [0.25, 0.3) is 33.1 Å². The molecule has 3 aromatic carbocycles. The summed E-state index contributed by atoms with van der Waals surface area (Å²) >= 11 is 0. The molecule has 2 heterocycles. The van der Waals surface area contributed by atoms with Crippen LogP contribution in [-0.2, 0) is 6.54 Å². The average molecular weight is 411 g/mol. The molecule has 0 aliphatic heterocycles. The molecule has 6 heteroatoms. The Bertz CT molecular complexity index is 1410. The molecule has 31 heavy (non-hydrogen) atoms. The van der Waals surface area contributed by atoms with E-state index in [0.717, 1.165) is 38.6 Å². The van der Waals surface area contributed by atoms with Crippen molar-refractivity contribution < 1.29 is 14.3 Å². The Labute approximate surface area is 177 Å². The quantitative estimate of drug-likeness (QED) is 0.340. The molecule has 0 radical (unpaired) electrons. The second-order valence-electron chi connectivity index (χ2n) is 7.31. The number of rotatable bonds is 5. The lowest BCUT2D eigenvalue weighted by Gasteiger charge is -2.09. The van der Waals surface area contributed by atoms with Crippen molar-refractivity contribution in [2.24, 2.45) is 0 Å². The normalized spacial score (nSPS) is 11.1. The van der Waals surface area contributed by atoms with Crippen molar-refractivity contribution >= 4 is 33.5 Å². The van der Waals surface area contributed by atoms with Crippen molar-refractivity contribution in [1.29, 1.82) is 0 Å². The summed E-state index contributed by atoms with van der Waals surface area (Å²) in [5.41, 5.74) is 5.02. The summed E-state index contributed by atoms with van der Waals surface area (Å²) in [4.78, 5) is 19.5. The fourth-order valence-corrected chi connectivity index (χ4v) is 3.72. The van der Waals surface area contributed by atoms with E-state index in [-0.39, 0.29) is 11.5 Å². The number of H-pyrrole nitrogens is 1. The zero-order valence-electron chi connectivity index (χ0n) is 16.4. The Morgan fingerprint density at radius 3 is 2.45 bits per heavy atom. The standard InChI is InChI=1S/C25H18FN3O2/c26-17-9-5-15(6-10-17)14-27-18-11-7-16(8-12-18)23-24-20(13-22(29-23)25(30)31)19-3-1-2-4-21(19)28-24/h1-13,27-28H,14H2,(H,30,31). The van der Waals surface area contributed by atoms with Crippen LogP contribution in [-0.4, -0.2) is 21.0 Å². The van der Waals surface area contributed by atoms with Crippen molar-refractivity contribution in [2.45, 2.75) is 6.54 Å². The van der Waals surface area contributed by atoms with Gasteiger partial charge in [-0.2, -0.15) is 0 Å². The average Bonchev–Trinajstić information content (AvgIpc) is 3.17. The van der Waals surface area contributed by atoms with Crippen molar-refractivity contribution in [1.82, 2.24) is 9.97 Å². The van der Waals surface area contributed by atoms with Gasteiger partial charge in [-0.1, -0.05) is 42.5 Å². The van der Waals surface area contributed by atoms with Crippen molar-refractivity contribution in [3.63, 3.8) is 0 Å². The van der Waals surface area contributed by atoms with E-state index in [2.05, 4.69) is 15.3 Å². The molecule has 2 aromatic heterocycles. The summed E-state index contributed by atoms with van der Waals surface area (Å²) in [6.07, 6.45) is 0. The van der Waals surface area contributed by atoms with Gasteiger partial charge in [0.2, 0.25) is 0 Å². The van der Waals surface area contributed by atoms with E-state index in [1.54, 1.807) is 18.2 Å². The molecule has 0 spiro atoms. The number of carboxylic acid groups (broad SMARTS) is 1. The maximum atomic E-state index is 13.0. The van der Waals surface area contributed by atoms with Crippen molar-refractivity contribution in [3.05, 3.63) is 95.9 Å². The molecule has 0 amide bonds. The lowest BCUT2D eigenvalue weighted by molar-refractivity contribution is 0.0691. The molecular weight excluding hydrogens is 393 g/mol. The van der Waals surface area contributed by atoms with E-state index >= 15 is 0 Å². The Morgan fingerprint density at radius 1 is 0.968 bits per heavy atom. The molecule has 5 rings (SSSR count). The third kappa shape index (κ3) is 3.59. The molecule has 152 valence electrons. The van der Waals surface area contributed by atoms with Gasteiger partial charge in [-0.3, -0.25) is 0 Å². The Morgan fingerprint density at radius 2 is 1.71 bits per heavy atom. The number of aromatic carboxylic acids is 1. The third-order valence-corrected chi connectivity index (χ3v) is 5.28. The van der Waals surface area contributed by atoms with E-state index in [0.29, 0.717) is 12.2 Å². The number of hydrogen-bond acceptors (Lipinski definition) is 3. The number of hydrogen-bond donors (Lipinski definition) is 3. The summed E-state index contributed by atoms with van der Waals surface area (Å²) in [5, 5.41) is 14.7. The van der Waals surface area contributed by atoms with E-state index in [1.165, 1.54) is 12.1 Å². The van der Waals surface area contributed by atoms with E-state index in [9.17, 15) is 14.3 Å². The molecule has 0 bridgehead atoms. The molecule has 5 aromatic rings. The summed E-state index contributed by atoms with van der Waals surface area (Å²) in [6.45, 7) is 0.568. The Hall–Kier alpha value is -4.19. The minimum Gasteiger partial charge on any atom is -0.477 e. The third-order valence-electron chi connectivity index (χ3n) is 5.28. The molecule has 0 aliphatic carbocycles. The van der Waals surface area contributed by atoms with Crippen LogP contribution in [0.5, 0.6) is 0 Å². The fraction of sp³-hybridized carbons (Fsp3) is 0.0400. The number of halogens is 1. The predicted octanol–water partition coefficient (Wildman–Crippen LogP) is 5.83. The maximum absolute atomic E-state index is 13.0. The highest BCUT2D eigenvalue weighted by atomic mass is 19.1. The monoisotopic (exact) mass is 411 g/mol. The summed E-state index contributed by atoms with van der Waals surface area (Å²) in [6, 6.07) is 23.4. The highest BCUT2D eigenvalue weighted by Gasteiger charge is 2.16. The van der Waals surface area contributed by atoms with Crippen molar-refractivity contribution in [2.75, 3.05) is 5.32 Å². The van der Waals surface area contributed by atoms with Gasteiger partial charge in [-0.15, -0.1) is 0 Å². The summed E-state index contributed by atoms with van der Waals surface area (Å²) in [5.74, 6) is -1.32. The minimum absolute atomic E-state index is 0.00534. The molecule has 0 fully saturated rings. The van der Waals surface area contributed by atoms with Crippen LogP contribution >= 0.6 is 0 Å². The maximum Gasteiger partial charge on any atom is 0.354 e. The Kier molecular flexibility index (Phi) is 4.59. The number of nitrogens with zero attached hydrogens (tertiary/aromatic N) is 1. The van der Waals surface area contributed by atoms with Crippen LogP contribution in [0.3, 0.4) is 0 Å². The van der Waals surface area contributed by atoms with Gasteiger partial charge in [0, 0.05) is 34.1 Å². The van der Waals surface area contributed by atoms with Gasteiger partial charge in [-0.05, 0) is 42.0 Å². The van der Waals surface area contributed by atoms with E-state index in [4.69, 9.17) is 0 Å².